The van der Waals surface area contributed by atoms with E-state index in [-0.39, 0.29) is 5.88 Å². The molecule has 1 aliphatic rings. The second kappa shape index (κ2) is 6.23. The Labute approximate surface area is 110 Å². The first-order valence-electron chi connectivity index (χ1n) is 6.45. The van der Waals surface area contributed by atoms with Gasteiger partial charge < -0.3 is 10.1 Å². The normalized spacial score (nSPS) is 20.3. The summed E-state index contributed by atoms with van der Waals surface area (Å²) >= 11 is 0. The van der Waals surface area contributed by atoms with Crippen molar-refractivity contribution in [1.29, 1.82) is 0 Å². The zero-order valence-electron chi connectivity index (χ0n) is 10.5. The highest BCUT2D eigenvalue weighted by Crippen LogP contribution is 2.30. The number of nitrogens with zero attached hydrogens (tertiary/aromatic N) is 1. The molecule has 1 saturated heterocycles. The lowest BCUT2D eigenvalue weighted by molar-refractivity contribution is -0.137. The highest BCUT2D eigenvalue weighted by atomic mass is 19.4. The Kier molecular flexibility index (Phi) is 4.63. The van der Waals surface area contributed by atoms with Crippen LogP contribution in [0.1, 0.15) is 31.2 Å². The van der Waals surface area contributed by atoms with E-state index in [0.29, 0.717) is 12.6 Å². The zero-order chi connectivity index (χ0) is 13.7. The minimum Gasteiger partial charge on any atom is -0.478 e. The molecule has 0 saturated carbocycles. The fourth-order valence-electron chi connectivity index (χ4n) is 2.14. The van der Waals surface area contributed by atoms with Crippen LogP contribution in [-0.4, -0.2) is 24.2 Å². The fourth-order valence-corrected chi connectivity index (χ4v) is 2.14. The van der Waals surface area contributed by atoms with Crippen molar-refractivity contribution >= 4 is 0 Å². The molecule has 3 nitrogen and oxygen atoms in total. The highest BCUT2D eigenvalue weighted by molar-refractivity contribution is 5.22. The number of aromatic nitrogens is 1. The van der Waals surface area contributed by atoms with E-state index in [1.54, 1.807) is 0 Å². The maximum absolute atomic E-state index is 12.5. The van der Waals surface area contributed by atoms with Crippen LogP contribution in [0.25, 0.3) is 0 Å². The monoisotopic (exact) mass is 274 g/mol. The van der Waals surface area contributed by atoms with Crippen molar-refractivity contribution in [3.63, 3.8) is 0 Å². The average molecular weight is 274 g/mol. The van der Waals surface area contributed by atoms with Crippen LogP contribution in [0.15, 0.2) is 18.3 Å². The second-order valence-corrected chi connectivity index (χ2v) is 4.66. The van der Waals surface area contributed by atoms with Gasteiger partial charge in [-0.3, -0.25) is 0 Å². The summed E-state index contributed by atoms with van der Waals surface area (Å²) in [5.41, 5.74) is -0.728. The molecule has 0 bridgehead atoms. The van der Waals surface area contributed by atoms with Gasteiger partial charge >= 0.3 is 6.18 Å². The number of hydrogen-bond acceptors (Lipinski definition) is 3. The number of nitrogens with one attached hydrogen (secondary N) is 1. The molecule has 0 aromatic carbocycles. The maximum atomic E-state index is 12.5. The Morgan fingerprint density at radius 2 is 2.21 bits per heavy atom. The summed E-state index contributed by atoms with van der Waals surface area (Å²) in [5, 5.41) is 3.36. The summed E-state index contributed by atoms with van der Waals surface area (Å²) < 4.78 is 42.8. The standard InChI is InChI=1S/C13H17F3N2O/c14-13(15,16)10-4-7-18-12(9-10)19-8-5-11-3-1-2-6-17-11/h4,7,9,11,17H,1-3,5-6,8H2. The Hall–Kier alpha value is -1.30. The van der Waals surface area contributed by atoms with Gasteiger partial charge in [-0.05, 0) is 31.9 Å². The molecule has 1 aliphatic heterocycles. The second-order valence-electron chi connectivity index (χ2n) is 4.66. The van der Waals surface area contributed by atoms with E-state index in [9.17, 15) is 13.2 Å². The van der Waals surface area contributed by atoms with E-state index in [4.69, 9.17) is 4.74 Å². The SMILES string of the molecule is FC(F)(F)c1ccnc(OCCC2CCCCN2)c1. The third-order valence-electron chi connectivity index (χ3n) is 3.19. The molecule has 0 aliphatic carbocycles. The molecule has 1 unspecified atom stereocenters. The molecule has 0 spiro atoms. The predicted octanol–water partition coefficient (Wildman–Crippen LogP) is 3.01. The summed E-state index contributed by atoms with van der Waals surface area (Å²) in [5.74, 6) is 0.0330. The number of pyridine rings is 1. The fraction of sp³-hybridized carbons (Fsp3) is 0.615. The van der Waals surface area contributed by atoms with Gasteiger partial charge in [0.2, 0.25) is 5.88 Å². The third kappa shape index (κ3) is 4.38. The first-order chi connectivity index (χ1) is 9.05. The van der Waals surface area contributed by atoms with Crippen molar-refractivity contribution in [1.82, 2.24) is 10.3 Å². The molecular formula is C13H17F3N2O. The number of piperidine rings is 1. The molecule has 1 fully saturated rings. The smallest absolute Gasteiger partial charge is 0.416 e. The molecule has 1 atom stereocenters. The Balaban J connectivity index is 1.82. The molecule has 1 N–H and O–H groups in total. The first kappa shape index (κ1) is 14.1. The van der Waals surface area contributed by atoms with Crippen LogP contribution in [0.4, 0.5) is 13.2 Å². The number of halogens is 3. The summed E-state index contributed by atoms with van der Waals surface area (Å²) in [6, 6.07) is 2.28. The Morgan fingerprint density at radius 1 is 1.37 bits per heavy atom. The zero-order valence-corrected chi connectivity index (χ0v) is 10.5. The predicted molar refractivity (Wildman–Crippen MR) is 65.0 cm³/mol. The molecule has 0 amide bonds. The van der Waals surface area contributed by atoms with Gasteiger partial charge in [0, 0.05) is 18.3 Å². The third-order valence-corrected chi connectivity index (χ3v) is 3.19. The highest BCUT2D eigenvalue weighted by Gasteiger charge is 2.30. The van der Waals surface area contributed by atoms with Gasteiger partial charge in [-0.15, -0.1) is 0 Å². The topological polar surface area (TPSA) is 34.1 Å². The van der Waals surface area contributed by atoms with Gasteiger partial charge in [0.25, 0.3) is 0 Å². The van der Waals surface area contributed by atoms with Crippen LogP contribution in [0, 0.1) is 0 Å². The number of rotatable bonds is 4. The minimum atomic E-state index is -4.36. The van der Waals surface area contributed by atoms with Crippen molar-refractivity contribution in [2.45, 2.75) is 37.9 Å². The largest absolute Gasteiger partial charge is 0.478 e. The molecule has 6 heteroatoms. The summed E-state index contributed by atoms with van der Waals surface area (Å²) in [4.78, 5) is 3.79. The van der Waals surface area contributed by atoms with E-state index in [2.05, 4.69) is 10.3 Å². The van der Waals surface area contributed by atoms with Gasteiger partial charge in [-0.1, -0.05) is 6.42 Å². The Morgan fingerprint density at radius 3 is 2.89 bits per heavy atom. The summed E-state index contributed by atoms with van der Waals surface area (Å²) in [6.45, 7) is 1.39. The molecule has 1 aromatic heterocycles. The van der Waals surface area contributed by atoms with Crippen molar-refractivity contribution in [2.75, 3.05) is 13.2 Å². The lowest BCUT2D eigenvalue weighted by Crippen LogP contribution is -2.35. The van der Waals surface area contributed by atoms with Crippen LogP contribution in [0.5, 0.6) is 5.88 Å². The van der Waals surface area contributed by atoms with Crippen LogP contribution < -0.4 is 10.1 Å². The van der Waals surface area contributed by atoms with Crippen LogP contribution in [0.2, 0.25) is 0 Å². The summed E-state index contributed by atoms with van der Waals surface area (Å²) in [7, 11) is 0. The Bertz CT molecular complexity index is 403. The molecule has 2 heterocycles. The van der Waals surface area contributed by atoms with Crippen molar-refractivity contribution in [3.05, 3.63) is 23.9 Å². The molecule has 0 radical (unpaired) electrons. The number of alkyl halides is 3. The minimum absolute atomic E-state index is 0.0330. The van der Waals surface area contributed by atoms with E-state index < -0.39 is 11.7 Å². The van der Waals surface area contributed by atoms with E-state index in [0.717, 1.165) is 37.7 Å². The van der Waals surface area contributed by atoms with Crippen LogP contribution >= 0.6 is 0 Å². The van der Waals surface area contributed by atoms with Gasteiger partial charge in [0.05, 0.1) is 12.2 Å². The average Bonchev–Trinajstić information content (AvgIpc) is 2.39. The van der Waals surface area contributed by atoms with Crippen LogP contribution in [0.3, 0.4) is 0 Å². The van der Waals surface area contributed by atoms with Crippen molar-refractivity contribution in [2.24, 2.45) is 0 Å². The lowest BCUT2D eigenvalue weighted by Gasteiger charge is -2.23. The van der Waals surface area contributed by atoms with E-state index >= 15 is 0 Å². The quantitative estimate of drug-likeness (QED) is 0.916. The maximum Gasteiger partial charge on any atom is 0.416 e. The molecule has 106 valence electrons. The number of ether oxygens (including phenoxy) is 1. The van der Waals surface area contributed by atoms with Gasteiger partial charge in [0.1, 0.15) is 0 Å². The molecule has 2 rings (SSSR count). The van der Waals surface area contributed by atoms with Gasteiger partial charge in [-0.25, -0.2) is 4.98 Å². The lowest BCUT2D eigenvalue weighted by atomic mass is 10.0. The summed E-state index contributed by atoms with van der Waals surface area (Å²) in [6.07, 6.45) is 1.03. The first-order valence-corrected chi connectivity index (χ1v) is 6.45. The molecule has 19 heavy (non-hydrogen) atoms. The van der Waals surface area contributed by atoms with E-state index in [1.165, 1.54) is 12.8 Å². The number of hydrogen-bond donors (Lipinski definition) is 1. The van der Waals surface area contributed by atoms with Crippen molar-refractivity contribution in [3.8, 4) is 5.88 Å². The van der Waals surface area contributed by atoms with E-state index in [1.807, 2.05) is 0 Å². The van der Waals surface area contributed by atoms with Crippen molar-refractivity contribution < 1.29 is 17.9 Å². The van der Waals surface area contributed by atoms with Crippen LogP contribution in [-0.2, 0) is 6.18 Å². The van der Waals surface area contributed by atoms with Gasteiger partial charge in [-0.2, -0.15) is 13.2 Å². The molecule has 1 aromatic rings. The van der Waals surface area contributed by atoms with Gasteiger partial charge in [0.15, 0.2) is 0 Å². The molecular weight excluding hydrogens is 257 g/mol.